The molecule has 0 saturated carbocycles. The Bertz CT molecular complexity index is 703. The topological polar surface area (TPSA) is 35.2 Å². The molecule has 2 heteroatoms. The van der Waals surface area contributed by atoms with Gasteiger partial charge in [0.25, 0.3) is 0 Å². The van der Waals surface area contributed by atoms with E-state index < -0.39 is 0 Å². The zero-order valence-electron chi connectivity index (χ0n) is 17.1. The van der Waals surface area contributed by atoms with Crippen molar-refractivity contribution in [1.29, 1.82) is 0 Å². The molecule has 1 unspecified atom stereocenters. The van der Waals surface area contributed by atoms with Crippen molar-refractivity contribution < 1.29 is 4.74 Å². The van der Waals surface area contributed by atoms with Gasteiger partial charge < -0.3 is 4.74 Å². The van der Waals surface area contributed by atoms with Gasteiger partial charge in [-0.3, -0.25) is 5.73 Å². The Kier molecular flexibility index (Phi) is 7.28. The molecule has 0 aliphatic heterocycles. The molecule has 0 aliphatic carbocycles. The van der Waals surface area contributed by atoms with Gasteiger partial charge in [-0.1, -0.05) is 69.2 Å². The molecular weight excluding hydrogens is 318 g/mol. The van der Waals surface area contributed by atoms with E-state index in [-0.39, 0.29) is 11.6 Å². The van der Waals surface area contributed by atoms with Crippen molar-refractivity contribution in [1.82, 2.24) is 0 Å². The molecule has 0 aliphatic rings. The van der Waals surface area contributed by atoms with Crippen LogP contribution in [0.2, 0.25) is 0 Å². The number of aryl methyl sites for hydroxylation is 2. The summed E-state index contributed by atoms with van der Waals surface area (Å²) in [7, 11) is 0. The number of hydrogen-bond acceptors (Lipinski definition) is 2. The molecule has 0 bridgehead atoms. The molecule has 2 rings (SSSR count). The van der Waals surface area contributed by atoms with Crippen LogP contribution in [0.3, 0.4) is 0 Å². The lowest BCUT2D eigenvalue weighted by Gasteiger charge is -2.34. The maximum atomic E-state index is 6.12. The third-order valence-corrected chi connectivity index (χ3v) is 5.63. The third kappa shape index (κ3) is 4.48. The number of nitrogens with two attached hydrogens (primary N) is 1. The van der Waals surface area contributed by atoms with E-state index in [1.54, 1.807) is 0 Å². The second-order valence-corrected chi connectivity index (χ2v) is 7.44. The van der Waals surface area contributed by atoms with Gasteiger partial charge in [0, 0.05) is 5.41 Å². The molecule has 2 N–H and O–H groups in total. The maximum Gasteiger partial charge on any atom is 0.147 e. The first-order valence-corrected chi connectivity index (χ1v) is 10.1. The Morgan fingerprint density at radius 3 is 2.23 bits per heavy atom. The molecule has 2 nitrogen and oxygen atoms in total. The first kappa shape index (κ1) is 20.5. The normalized spacial score (nSPS) is 12.8. The highest BCUT2D eigenvalue weighted by Crippen LogP contribution is 2.40. The van der Waals surface area contributed by atoms with E-state index in [0.29, 0.717) is 0 Å². The van der Waals surface area contributed by atoms with Crippen molar-refractivity contribution in [3.63, 3.8) is 0 Å². The van der Waals surface area contributed by atoms with Crippen LogP contribution in [0.4, 0.5) is 0 Å². The highest BCUT2D eigenvalue weighted by atomic mass is 16.5. The highest BCUT2D eigenvalue weighted by Gasteiger charge is 2.31. The Morgan fingerprint density at radius 2 is 1.65 bits per heavy atom. The van der Waals surface area contributed by atoms with E-state index in [0.717, 1.165) is 43.4 Å². The molecular formula is C24H35NO. The van der Waals surface area contributed by atoms with Crippen LogP contribution in [0, 0.1) is 13.8 Å². The summed E-state index contributed by atoms with van der Waals surface area (Å²) in [6.45, 7) is 11.0. The average molecular weight is 354 g/mol. The number of benzene rings is 2. The van der Waals surface area contributed by atoms with Crippen LogP contribution in [0.1, 0.15) is 75.1 Å². The van der Waals surface area contributed by atoms with Gasteiger partial charge in [-0.25, -0.2) is 0 Å². The standard InChI is InChI=1S/C24H35NO/c1-6-9-13-23(25)26-22-15-14-21(17-19(22)5)24(7-2,8-3)20-12-10-11-18(4)16-20/h10-12,14-17,23H,6-9,13,25H2,1-5H3. The number of rotatable bonds is 9. The second-order valence-electron chi connectivity index (χ2n) is 7.44. The van der Waals surface area contributed by atoms with Gasteiger partial charge >= 0.3 is 0 Å². The second kappa shape index (κ2) is 9.23. The molecule has 0 fully saturated rings. The Morgan fingerprint density at radius 1 is 0.962 bits per heavy atom. The quantitative estimate of drug-likeness (QED) is 0.540. The molecule has 0 spiro atoms. The van der Waals surface area contributed by atoms with Gasteiger partial charge in [-0.2, -0.15) is 0 Å². The lowest BCUT2D eigenvalue weighted by atomic mass is 9.70. The van der Waals surface area contributed by atoms with Gasteiger partial charge in [0.15, 0.2) is 0 Å². The van der Waals surface area contributed by atoms with Crippen molar-refractivity contribution in [2.75, 3.05) is 0 Å². The largest absolute Gasteiger partial charge is 0.475 e. The van der Waals surface area contributed by atoms with Crippen molar-refractivity contribution >= 4 is 0 Å². The summed E-state index contributed by atoms with van der Waals surface area (Å²) in [5, 5.41) is 0. The maximum absolute atomic E-state index is 6.12. The number of ether oxygens (including phenoxy) is 1. The first-order chi connectivity index (χ1) is 12.5. The van der Waals surface area contributed by atoms with Gasteiger partial charge in [0.1, 0.15) is 12.0 Å². The molecule has 0 amide bonds. The molecule has 0 aromatic heterocycles. The van der Waals surface area contributed by atoms with Crippen molar-refractivity contribution in [2.24, 2.45) is 5.73 Å². The van der Waals surface area contributed by atoms with Crippen LogP contribution in [0.5, 0.6) is 5.75 Å². The number of unbranched alkanes of at least 4 members (excludes halogenated alkanes) is 1. The summed E-state index contributed by atoms with van der Waals surface area (Å²) in [5.41, 5.74) is 11.4. The molecule has 0 heterocycles. The summed E-state index contributed by atoms with van der Waals surface area (Å²) >= 11 is 0. The van der Waals surface area contributed by atoms with Crippen molar-refractivity contribution in [2.45, 2.75) is 78.4 Å². The number of hydrogen-bond donors (Lipinski definition) is 1. The molecule has 142 valence electrons. The highest BCUT2D eigenvalue weighted by molar-refractivity contribution is 5.45. The SMILES string of the molecule is CCCCC(N)Oc1ccc(C(CC)(CC)c2cccc(C)c2)cc1C. The van der Waals surface area contributed by atoms with E-state index in [2.05, 4.69) is 77.1 Å². The monoisotopic (exact) mass is 353 g/mol. The van der Waals surface area contributed by atoms with Crippen LogP contribution >= 0.6 is 0 Å². The average Bonchev–Trinajstić information content (AvgIpc) is 2.64. The van der Waals surface area contributed by atoms with Crippen LogP contribution in [0.25, 0.3) is 0 Å². The lowest BCUT2D eigenvalue weighted by molar-refractivity contribution is 0.194. The molecule has 26 heavy (non-hydrogen) atoms. The predicted octanol–water partition coefficient (Wildman–Crippen LogP) is 6.26. The fraction of sp³-hybridized carbons (Fsp3) is 0.500. The minimum absolute atomic E-state index is 0.0413. The molecule has 1 atom stereocenters. The van der Waals surface area contributed by atoms with E-state index in [1.807, 2.05) is 0 Å². The summed E-state index contributed by atoms with van der Waals surface area (Å²) in [6.07, 6.45) is 5.06. The van der Waals surface area contributed by atoms with Crippen molar-refractivity contribution in [3.05, 3.63) is 64.7 Å². The summed E-state index contributed by atoms with van der Waals surface area (Å²) in [6, 6.07) is 15.5. The smallest absolute Gasteiger partial charge is 0.147 e. The van der Waals surface area contributed by atoms with Gasteiger partial charge in [0.2, 0.25) is 0 Å². The Labute approximate surface area is 159 Å². The zero-order valence-corrected chi connectivity index (χ0v) is 17.1. The lowest BCUT2D eigenvalue weighted by Crippen LogP contribution is -2.28. The fourth-order valence-electron chi connectivity index (χ4n) is 3.88. The van der Waals surface area contributed by atoms with E-state index in [9.17, 15) is 0 Å². The minimum atomic E-state index is -0.224. The summed E-state index contributed by atoms with van der Waals surface area (Å²) in [5.74, 6) is 0.905. The molecule has 0 saturated heterocycles. The molecule has 2 aromatic rings. The molecule has 0 radical (unpaired) electrons. The summed E-state index contributed by atoms with van der Waals surface area (Å²) in [4.78, 5) is 0. The molecule has 2 aromatic carbocycles. The van der Waals surface area contributed by atoms with Crippen LogP contribution in [-0.2, 0) is 5.41 Å². The van der Waals surface area contributed by atoms with Crippen LogP contribution in [0.15, 0.2) is 42.5 Å². The van der Waals surface area contributed by atoms with E-state index in [4.69, 9.17) is 10.5 Å². The van der Waals surface area contributed by atoms with E-state index >= 15 is 0 Å². The predicted molar refractivity (Wildman–Crippen MR) is 112 cm³/mol. The minimum Gasteiger partial charge on any atom is -0.475 e. The van der Waals surface area contributed by atoms with Gasteiger partial charge in [0.05, 0.1) is 0 Å². The van der Waals surface area contributed by atoms with Gasteiger partial charge in [-0.15, -0.1) is 0 Å². The summed E-state index contributed by atoms with van der Waals surface area (Å²) < 4.78 is 5.98. The Hall–Kier alpha value is -1.80. The van der Waals surface area contributed by atoms with E-state index in [1.165, 1.54) is 16.7 Å². The Balaban J connectivity index is 2.34. The van der Waals surface area contributed by atoms with Crippen LogP contribution < -0.4 is 10.5 Å². The van der Waals surface area contributed by atoms with Crippen molar-refractivity contribution in [3.8, 4) is 5.75 Å². The zero-order chi connectivity index (χ0) is 19.2. The first-order valence-electron chi connectivity index (χ1n) is 10.1. The third-order valence-electron chi connectivity index (χ3n) is 5.63. The fourth-order valence-corrected chi connectivity index (χ4v) is 3.88. The van der Waals surface area contributed by atoms with Gasteiger partial charge in [-0.05, 0) is 62.3 Å². The van der Waals surface area contributed by atoms with Crippen LogP contribution in [-0.4, -0.2) is 6.23 Å².